The van der Waals surface area contributed by atoms with E-state index in [2.05, 4.69) is 31.9 Å². The first-order valence-corrected chi connectivity index (χ1v) is 5.59. The molecule has 0 aliphatic rings. The second kappa shape index (κ2) is 3.62. The van der Waals surface area contributed by atoms with Crippen molar-refractivity contribution in [2.24, 2.45) is 0 Å². The molecule has 1 rings (SSSR count). The van der Waals surface area contributed by atoms with E-state index in [1.54, 1.807) is 0 Å². The molecule has 16 heavy (non-hydrogen) atoms. The van der Waals surface area contributed by atoms with Crippen molar-refractivity contribution in [2.45, 2.75) is 59.4 Å². The summed E-state index contributed by atoms with van der Waals surface area (Å²) in [5.74, 6) is 0. The highest BCUT2D eigenvalue weighted by Crippen LogP contribution is 2.30. The van der Waals surface area contributed by atoms with Crippen molar-refractivity contribution in [3.8, 4) is 6.07 Å². The van der Waals surface area contributed by atoms with E-state index in [4.69, 9.17) is 5.26 Å². The smallest absolute Gasteiger partial charge is 0.143 e. The maximum atomic E-state index is 9.16. The molecule has 0 fully saturated rings. The van der Waals surface area contributed by atoms with Crippen LogP contribution in [0.15, 0.2) is 0 Å². The van der Waals surface area contributed by atoms with Crippen LogP contribution in [0.5, 0.6) is 0 Å². The van der Waals surface area contributed by atoms with Gasteiger partial charge in [-0.15, -0.1) is 0 Å². The van der Waals surface area contributed by atoms with Crippen molar-refractivity contribution in [3.05, 3.63) is 17.0 Å². The van der Waals surface area contributed by atoms with Crippen LogP contribution in [0.25, 0.3) is 0 Å². The highest BCUT2D eigenvalue weighted by Gasteiger charge is 2.29. The van der Waals surface area contributed by atoms with Gasteiger partial charge in [-0.05, 0) is 33.1 Å². The number of aryl methyl sites for hydroxylation is 1. The lowest BCUT2D eigenvalue weighted by Gasteiger charge is -2.22. The van der Waals surface area contributed by atoms with E-state index in [9.17, 15) is 0 Å². The summed E-state index contributed by atoms with van der Waals surface area (Å²) in [6.45, 7) is 14.4. The monoisotopic (exact) mass is 219 g/mol. The molecule has 0 N–H and O–H groups in total. The van der Waals surface area contributed by atoms with Gasteiger partial charge in [0.25, 0.3) is 0 Å². The second-order valence-electron chi connectivity index (χ2n) is 5.88. The van der Waals surface area contributed by atoms with Crippen LogP contribution >= 0.6 is 0 Å². The van der Waals surface area contributed by atoms with E-state index >= 15 is 0 Å². The molecule has 0 aliphatic heterocycles. The Morgan fingerprint density at radius 3 is 1.94 bits per heavy atom. The number of rotatable bonds is 1. The molecule has 0 saturated carbocycles. The number of hydrogen-bond donors (Lipinski definition) is 0. The lowest BCUT2D eigenvalue weighted by molar-refractivity contribution is 0.405. The lowest BCUT2D eigenvalue weighted by atomic mass is 9.85. The summed E-state index contributed by atoms with van der Waals surface area (Å²) in [4.78, 5) is 0. The van der Waals surface area contributed by atoms with E-state index in [1.165, 1.54) is 5.56 Å². The van der Waals surface area contributed by atoms with Gasteiger partial charge in [0.2, 0.25) is 0 Å². The van der Waals surface area contributed by atoms with Gasteiger partial charge in [-0.2, -0.15) is 10.4 Å². The maximum Gasteiger partial charge on any atom is 0.143 e. The molecule has 0 aliphatic carbocycles. The highest BCUT2D eigenvalue weighted by atomic mass is 15.3. The Morgan fingerprint density at radius 2 is 1.62 bits per heavy atom. The Balaban J connectivity index is 3.46. The predicted molar refractivity (Wildman–Crippen MR) is 65.3 cm³/mol. The van der Waals surface area contributed by atoms with E-state index in [1.807, 2.05) is 32.4 Å². The molecule has 3 heteroatoms. The van der Waals surface area contributed by atoms with Crippen LogP contribution in [0.2, 0.25) is 0 Å². The standard InChI is InChI=1S/C13H21N3/c1-9-11(12(3,4)5)10(2)16(15-9)13(6,7)8-14/h1-7H3. The Labute approximate surface area is 98.1 Å². The summed E-state index contributed by atoms with van der Waals surface area (Å²) >= 11 is 0. The van der Waals surface area contributed by atoms with E-state index < -0.39 is 5.54 Å². The number of aromatic nitrogens is 2. The number of nitriles is 1. The minimum absolute atomic E-state index is 0.0674. The molecule has 88 valence electrons. The van der Waals surface area contributed by atoms with Gasteiger partial charge in [-0.1, -0.05) is 20.8 Å². The van der Waals surface area contributed by atoms with Gasteiger partial charge < -0.3 is 0 Å². The van der Waals surface area contributed by atoms with E-state index in [0.29, 0.717) is 0 Å². The molecule has 1 aromatic heterocycles. The normalized spacial score (nSPS) is 12.6. The quantitative estimate of drug-likeness (QED) is 0.728. The number of hydrogen-bond acceptors (Lipinski definition) is 2. The van der Waals surface area contributed by atoms with Crippen LogP contribution in [-0.4, -0.2) is 9.78 Å². The average molecular weight is 219 g/mol. The predicted octanol–water partition coefficient (Wildman–Crippen LogP) is 3.06. The first kappa shape index (κ1) is 12.8. The first-order chi connectivity index (χ1) is 7.11. The minimum atomic E-state index is -0.585. The molecule has 0 amide bonds. The first-order valence-electron chi connectivity index (χ1n) is 5.59. The second-order valence-corrected chi connectivity index (χ2v) is 5.88. The van der Waals surface area contributed by atoms with Crippen molar-refractivity contribution >= 4 is 0 Å². The van der Waals surface area contributed by atoms with E-state index in [-0.39, 0.29) is 5.41 Å². The van der Waals surface area contributed by atoms with Crippen molar-refractivity contribution in [2.75, 3.05) is 0 Å². The topological polar surface area (TPSA) is 41.6 Å². The average Bonchev–Trinajstić information content (AvgIpc) is 2.41. The van der Waals surface area contributed by atoms with Gasteiger partial charge in [0, 0.05) is 11.3 Å². The van der Waals surface area contributed by atoms with Crippen LogP contribution in [0.4, 0.5) is 0 Å². The fourth-order valence-corrected chi connectivity index (χ4v) is 2.32. The highest BCUT2D eigenvalue weighted by molar-refractivity contribution is 5.32. The molecule has 0 atom stereocenters. The fraction of sp³-hybridized carbons (Fsp3) is 0.692. The van der Waals surface area contributed by atoms with Crippen LogP contribution < -0.4 is 0 Å². The van der Waals surface area contributed by atoms with Gasteiger partial charge in [0.05, 0.1) is 11.8 Å². The largest absolute Gasteiger partial charge is 0.250 e. The molecule has 0 radical (unpaired) electrons. The molecule has 0 spiro atoms. The van der Waals surface area contributed by atoms with Crippen molar-refractivity contribution in [3.63, 3.8) is 0 Å². The van der Waals surface area contributed by atoms with Crippen LogP contribution in [0.3, 0.4) is 0 Å². The molecule has 0 bridgehead atoms. The van der Waals surface area contributed by atoms with Gasteiger partial charge in [0.15, 0.2) is 0 Å². The van der Waals surface area contributed by atoms with Gasteiger partial charge in [-0.25, -0.2) is 4.68 Å². The minimum Gasteiger partial charge on any atom is -0.250 e. The maximum absolute atomic E-state index is 9.16. The van der Waals surface area contributed by atoms with Crippen LogP contribution in [0.1, 0.15) is 51.6 Å². The van der Waals surface area contributed by atoms with Gasteiger partial charge >= 0.3 is 0 Å². The Morgan fingerprint density at radius 1 is 1.12 bits per heavy atom. The third kappa shape index (κ3) is 1.97. The Hall–Kier alpha value is -1.30. The molecule has 1 heterocycles. The lowest BCUT2D eigenvalue weighted by Crippen LogP contribution is -2.27. The zero-order chi connectivity index (χ0) is 12.7. The molecule has 0 unspecified atom stereocenters. The Bertz CT molecular complexity index is 439. The SMILES string of the molecule is Cc1nn(C(C)(C)C#N)c(C)c1C(C)(C)C. The van der Waals surface area contributed by atoms with Crippen LogP contribution in [-0.2, 0) is 11.0 Å². The molecule has 0 aromatic carbocycles. The van der Waals surface area contributed by atoms with E-state index in [0.717, 1.165) is 11.4 Å². The third-order valence-corrected chi connectivity index (χ3v) is 2.84. The van der Waals surface area contributed by atoms with Gasteiger partial charge in [-0.3, -0.25) is 0 Å². The molecular weight excluding hydrogens is 198 g/mol. The van der Waals surface area contributed by atoms with Crippen molar-refractivity contribution in [1.29, 1.82) is 5.26 Å². The van der Waals surface area contributed by atoms with Crippen molar-refractivity contribution in [1.82, 2.24) is 9.78 Å². The summed E-state index contributed by atoms with van der Waals surface area (Å²) in [6, 6.07) is 2.29. The van der Waals surface area contributed by atoms with Crippen LogP contribution in [0, 0.1) is 25.2 Å². The summed E-state index contributed by atoms with van der Waals surface area (Å²) in [6.07, 6.45) is 0. The molecule has 0 saturated heterocycles. The molecular formula is C13H21N3. The fourth-order valence-electron chi connectivity index (χ4n) is 2.32. The number of nitrogens with zero attached hydrogens (tertiary/aromatic N) is 3. The zero-order valence-corrected chi connectivity index (χ0v) is 11.3. The Kier molecular flexibility index (Phi) is 2.89. The summed E-state index contributed by atoms with van der Waals surface area (Å²) < 4.78 is 1.84. The summed E-state index contributed by atoms with van der Waals surface area (Å²) in [5.41, 5.74) is 2.84. The third-order valence-electron chi connectivity index (χ3n) is 2.84. The zero-order valence-electron chi connectivity index (χ0n) is 11.3. The summed E-state index contributed by atoms with van der Waals surface area (Å²) in [7, 11) is 0. The van der Waals surface area contributed by atoms with Gasteiger partial charge in [0.1, 0.15) is 5.54 Å². The summed E-state index contributed by atoms with van der Waals surface area (Å²) in [5, 5.41) is 13.7. The molecule has 1 aromatic rings. The van der Waals surface area contributed by atoms with Crippen molar-refractivity contribution < 1.29 is 0 Å². The molecule has 3 nitrogen and oxygen atoms in total.